The Morgan fingerprint density at radius 2 is 1.22 bits per heavy atom. The highest BCUT2D eigenvalue weighted by atomic mass is 14.5. The molecule has 1 aromatic rings. The van der Waals surface area contributed by atoms with Gasteiger partial charge in [0.25, 0.3) is 0 Å². The predicted octanol–water partition coefficient (Wildman–Crippen LogP) is 5.61. The maximum Gasteiger partial charge on any atom is 0.0209 e. The van der Waals surface area contributed by atoms with Crippen molar-refractivity contribution < 1.29 is 0 Å². The minimum Gasteiger partial charge on any atom is -0.344 e. The second-order valence-electron chi connectivity index (χ2n) is 5.54. The molecule has 0 heterocycles. The van der Waals surface area contributed by atoms with Gasteiger partial charge in [-0.05, 0) is 24.0 Å². The molecule has 1 aliphatic rings. The summed E-state index contributed by atoms with van der Waals surface area (Å²) in [5.41, 5.74) is 3.83. The second kappa shape index (κ2) is 6.94. The molecule has 0 fully saturated rings. The molecular formula is C17H29N. The van der Waals surface area contributed by atoms with Crippen molar-refractivity contribution in [1.82, 2.24) is 6.15 Å². The van der Waals surface area contributed by atoms with Gasteiger partial charge in [-0.1, -0.05) is 76.6 Å². The molecule has 2 rings (SSSR count). The van der Waals surface area contributed by atoms with E-state index in [1.54, 1.807) is 11.1 Å². The first-order valence-corrected chi connectivity index (χ1v) is 7.45. The van der Waals surface area contributed by atoms with E-state index in [0.717, 1.165) is 0 Å². The molecule has 102 valence electrons. The molecule has 0 radical (unpaired) electrons. The van der Waals surface area contributed by atoms with Crippen LogP contribution >= 0.6 is 0 Å². The van der Waals surface area contributed by atoms with Gasteiger partial charge in [-0.25, -0.2) is 0 Å². The Kier molecular flexibility index (Phi) is 5.87. The molecule has 1 aromatic carbocycles. The molecule has 1 aliphatic carbocycles. The Bertz CT molecular complexity index is 321. The van der Waals surface area contributed by atoms with Gasteiger partial charge in [-0.2, -0.15) is 0 Å². The summed E-state index contributed by atoms with van der Waals surface area (Å²) in [7, 11) is 0. The van der Waals surface area contributed by atoms with E-state index < -0.39 is 0 Å². The Morgan fingerprint density at radius 1 is 0.778 bits per heavy atom. The molecule has 0 amide bonds. The van der Waals surface area contributed by atoms with Gasteiger partial charge >= 0.3 is 0 Å². The van der Waals surface area contributed by atoms with Gasteiger partial charge in [0.15, 0.2) is 0 Å². The third kappa shape index (κ3) is 2.95. The van der Waals surface area contributed by atoms with Crippen LogP contribution in [0.1, 0.15) is 76.3 Å². The smallest absolute Gasteiger partial charge is 0.0209 e. The Labute approximate surface area is 113 Å². The summed E-state index contributed by atoms with van der Waals surface area (Å²) in [5.74, 6) is 0. The number of rotatable bonds is 8. The first-order chi connectivity index (χ1) is 8.35. The minimum atomic E-state index is 0. The highest BCUT2D eigenvalue weighted by Crippen LogP contribution is 2.56. The summed E-state index contributed by atoms with van der Waals surface area (Å²) in [6.07, 6.45) is 11.0. The van der Waals surface area contributed by atoms with Gasteiger partial charge in [-0.3, -0.25) is 0 Å². The summed E-state index contributed by atoms with van der Waals surface area (Å²) < 4.78 is 0. The zero-order chi connectivity index (χ0) is 12.1. The van der Waals surface area contributed by atoms with Gasteiger partial charge in [0, 0.05) is 5.41 Å². The number of fused-ring (bicyclic) bond motifs is 1. The van der Waals surface area contributed by atoms with Crippen molar-refractivity contribution in [2.75, 3.05) is 0 Å². The lowest BCUT2D eigenvalue weighted by Gasteiger charge is -2.16. The number of hydrogen-bond acceptors (Lipinski definition) is 1. The normalized spacial score (nSPS) is 14.8. The molecule has 0 unspecified atom stereocenters. The number of unbranched alkanes of at least 4 members (excludes halogenated alkanes) is 4. The van der Waals surface area contributed by atoms with E-state index in [0.29, 0.717) is 5.41 Å². The lowest BCUT2D eigenvalue weighted by molar-refractivity contribution is 0.465. The van der Waals surface area contributed by atoms with Crippen LogP contribution in [-0.4, -0.2) is 0 Å². The van der Waals surface area contributed by atoms with Gasteiger partial charge in [0.05, 0.1) is 0 Å². The monoisotopic (exact) mass is 247 g/mol. The van der Waals surface area contributed by atoms with Crippen molar-refractivity contribution in [3.05, 3.63) is 35.4 Å². The van der Waals surface area contributed by atoms with E-state index in [2.05, 4.69) is 38.1 Å². The van der Waals surface area contributed by atoms with Crippen LogP contribution in [-0.2, 0) is 5.41 Å². The molecule has 0 atom stereocenters. The third-order valence-electron chi connectivity index (χ3n) is 4.31. The van der Waals surface area contributed by atoms with Gasteiger partial charge in [0.2, 0.25) is 0 Å². The topological polar surface area (TPSA) is 35.0 Å². The highest BCUT2D eigenvalue weighted by molar-refractivity contribution is 5.59. The average Bonchev–Trinajstić information content (AvgIpc) is 2.99. The average molecular weight is 247 g/mol. The molecule has 0 saturated carbocycles. The van der Waals surface area contributed by atoms with Crippen LogP contribution in [0.4, 0.5) is 0 Å². The minimum absolute atomic E-state index is 0. The zero-order valence-electron chi connectivity index (χ0n) is 12.2. The van der Waals surface area contributed by atoms with Crippen molar-refractivity contribution in [2.45, 2.75) is 70.6 Å². The summed E-state index contributed by atoms with van der Waals surface area (Å²) in [5, 5.41) is 0. The van der Waals surface area contributed by atoms with Crippen molar-refractivity contribution in [1.29, 1.82) is 0 Å². The maximum atomic E-state index is 2.35. The molecular weight excluding hydrogens is 218 g/mol. The molecule has 0 spiro atoms. The second-order valence-corrected chi connectivity index (χ2v) is 5.54. The van der Waals surface area contributed by atoms with Gasteiger partial charge in [-0.15, -0.1) is 0 Å². The van der Waals surface area contributed by atoms with E-state index in [1.165, 1.54) is 51.4 Å². The van der Waals surface area contributed by atoms with E-state index in [1.807, 2.05) is 0 Å². The fourth-order valence-electron chi connectivity index (χ4n) is 3.23. The predicted molar refractivity (Wildman–Crippen MR) is 80.5 cm³/mol. The Balaban J connectivity index is 0.00000162. The van der Waals surface area contributed by atoms with E-state index >= 15 is 0 Å². The molecule has 0 saturated heterocycles. The fraction of sp³-hybridized carbons (Fsp3) is 0.647. The zero-order valence-corrected chi connectivity index (χ0v) is 12.2. The number of benzene rings is 1. The van der Waals surface area contributed by atoms with E-state index in [9.17, 15) is 0 Å². The Hall–Kier alpha value is -0.820. The molecule has 0 aliphatic heterocycles. The summed E-state index contributed by atoms with van der Waals surface area (Å²) >= 11 is 0. The van der Waals surface area contributed by atoms with Gasteiger partial charge < -0.3 is 6.15 Å². The van der Waals surface area contributed by atoms with Crippen LogP contribution in [0, 0.1) is 0 Å². The van der Waals surface area contributed by atoms with Crippen LogP contribution in [0.5, 0.6) is 0 Å². The van der Waals surface area contributed by atoms with Gasteiger partial charge in [0.1, 0.15) is 0 Å². The highest BCUT2D eigenvalue weighted by Gasteiger charge is 2.47. The molecule has 0 aromatic heterocycles. The molecule has 1 heteroatoms. The first-order valence-electron chi connectivity index (χ1n) is 7.45. The van der Waals surface area contributed by atoms with Crippen LogP contribution in [0.2, 0.25) is 0 Å². The van der Waals surface area contributed by atoms with Crippen LogP contribution in [0.15, 0.2) is 24.3 Å². The SMILES string of the molecule is CCCCCC1(CCCCC)c2ccccc21.N. The molecule has 0 bridgehead atoms. The lowest BCUT2D eigenvalue weighted by atomic mass is 9.88. The van der Waals surface area contributed by atoms with Crippen LogP contribution < -0.4 is 6.15 Å². The molecule has 1 nitrogen and oxygen atoms in total. The molecule has 18 heavy (non-hydrogen) atoms. The van der Waals surface area contributed by atoms with E-state index in [4.69, 9.17) is 0 Å². The molecule has 3 N–H and O–H groups in total. The lowest BCUT2D eigenvalue weighted by Crippen LogP contribution is -2.08. The fourth-order valence-corrected chi connectivity index (χ4v) is 3.23. The largest absolute Gasteiger partial charge is 0.344 e. The summed E-state index contributed by atoms with van der Waals surface area (Å²) in [6, 6.07) is 9.13. The maximum absolute atomic E-state index is 2.35. The first kappa shape index (κ1) is 15.2. The third-order valence-corrected chi connectivity index (χ3v) is 4.31. The van der Waals surface area contributed by atoms with Crippen molar-refractivity contribution in [2.24, 2.45) is 0 Å². The quantitative estimate of drug-likeness (QED) is 0.595. The van der Waals surface area contributed by atoms with Crippen molar-refractivity contribution in [3.8, 4) is 0 Å². The summed E-state index contributed by atoms with van der Waals surface area (Å²) in [6.45, 7) is 4.59. The van der Waals surface area contributed by atoms with Crippen LogP contribution in [0.3, 0.4) is 0 Å². The summed E-state index contributed by atoms with van der Waals surface area (Å²) in [4.78, 5) is 0. The van der Waals surface area contributed by atoms with Crippen LogP contribution in [0.25, 0.3) is 0 Å². The van der Waals surface area contributed by atoms with Crippen molar-refractivity contribution in [3.63, 3.8) is 0 Å². The standard InChI is InChI=1S/C17H26.H3N/c1-3-5-9-13-17(14-10-6-4-2)15-11-7-8-12-16(15)17;/h7-8,11-12H,3-6,9-10,13-14H2,1-2H3;1H3. The van der Waals surface area contributed by atoms with E-state index in [-0.39, 0.29) is 6.15 Å². The van der Waals surface area contributed by atoms with Crippen molar-refractivity contribution >= 4 is 0 Å². The number of hydrogen-bond donors (Lipinski definition) is 1. The Morgan fingerprint density at radius 3 is 1.61 bits per heavy atom.